The molecular formula is C12H15IN2OS. The lowest BCUT2D eigenvalue weighted by Gasteiger charge is -2.09. The van der Waals surface area contributed by atoms with Gasteiger partial charge in [-0.25, -0.2) is 0 Å². The Balaban J connectivity index is 2.49. The van der Waals surface area contributed by atoms with Crippen molar-refractivity contribution in [3.05, 3.63) is 33.4 Å². The van der Waals surface area contributed by atoms with E-state index in [1.807, 2.05) is 18.2 Å². The van der Waals surface area contributed by atoms with Crippen molar-refractivity contribution in [2.45, 2.75) is 19.8 Å². The molecule has 0 atom stereocenters. The van der Waals surface area contributed by atoms with Crippen LogP contribution in [-0.2, 0) is 0 Å². The number of carbonyl (C=O) groups excluding carboxylic acids is 1. The van der Waals surface area contributed by atoms with Crippen LogP contribution in [0.3, 0.4) is 0 Å². The molecule has 3 nitrogen and oxygen atoms in total. The number of hydrogen-bond acceptors (Lipinski definition) is 2. The number of unbranched alkanes of at least 4 members (excludes halogenated alkanes) is 1. The van der Waals surface area contributed by atoms with Gasteiger partial charge >= 0.3 is 0 Å². The van der Waals surface area contributed by atoms with Crippen LogP contribution in [0.15, 0.2) is 24.3 Å². The molecule has 5 heteroatoms. The molecule has 0 aliphatic heterocycles. The van der Waals surface area contributed by atoms with Crippen molar-refractivity contribution in [3.63, 3.8) is 0 Å². The molecule has 1 aromatic rings. The van der Waals surface area contributed by atoms with E-state index in [4.69, 9.17) is 12.2 Å². The Morgan fingerprint density at radius 3 is 2.76 bits per heavy atom. The molecule has 0 saturated carbocycles. The van der Waals surface area contributed by atoms with Gasteiger partial charge in [0.15, 0.2) is 5.11 Å². The summed E-state index contributed by atoms with van der Waals surface area (Å²) in [6.07, 6.45) is 2.14. The summed E-state index contributed by atoms with van der Waals surface area (Å²) in [7, 11) is 0. The molecule has 1 aromatic carbocycles. The summed E-state index contributed by atoms with van der Waals surface area (Å²) in [6, 6.07) is 7.41. The van der Waals surface area contributed by atoms with Gasteiger partial charge in [0.2, 0.25) is 0 Å². The molecule has 2 N–H and O–H groups in total. The number of halogens is 1. The molecule has 1 amide bonds. The molecule has 0 unspecified atom stereocenters. The maximum atomic E-state index is 11.9. The molecule has 0 aliphatic carbocycles. The maximum absolute atomic E-state index is 11.9. The SMILES string of the molecule is CCCCNC(=S)NC(=O)c1ccccc1I. The van der Waals surface area contributed by atoms with Crippen LogP contribution < -0.4 is 10.6 Å². The Bertz CT molecular complexity index is 409. The normalized spacial score (nSPS) is 9.76. The summed E-state index contributed by atoms with van der Waals surface area (Å²) in [4.78, 5) is 11.9. The van der Waals surface area contributed by atoms with Gasteiger partial charge in [-0.2, -0.15) is 0 Å². The lowest BCUT2D eigenvalue weighted by molar-refractivity contribution is 0.0976. The van der Waals surface area contributed by atoms with E-state index in [0.717, 1.165) is 23.0 Å². The van der Waals surface area contributed by atoms with Crippen LogP contribution in [0, 0.1) is 3.57 Å². The summed E-state index contributed by atoms with van der Waals surface area (Å²) in [5.74, 6) is -0.163. The highest BCUT2D eigenvalue weighted by atomic mass is 127. The van der Waals surface area contributed by atoms with Crippen molar-refractivity contribution < 1.29 is 4.79 Å². The van der Waals surface area contributed by atoms with Gasteiger partial charge in [-0.05, 0) is 53.4 Å². The van der Waals surface area contributed by atoms with Gasteiger partial charge in [0.25, 0.3) is 5.91 Å². The number of nitrogens with one attached hydrogen (secondary N) is 2. The van der Waals surface area contributed by atoms with Crippen LogP contribution >= 0.6 is 34.8 Å². The molecule has 0 heterocycles. The minimum absolute atomic E-state index is 0.163. The summed E-state index contributed by atoms with van der Waals surface area (Å²) in [6.45, 7) is 2.90. The van der Waals surface area contributed by atoms with Gasteiger partial charge in [-0.1, -0.05) is 25.5 Å². The molecule has 0 bridgehead atoms. The Morgan fingerprint density at radius 1 is 1.41 bits per heavy atom. The van der Waals surface area contributed by atoms with Gasteiger partial charge in [0.1, 0.15) is 0 Å². The zero-order valence-corrected chi connectivity index (χ0v) is 12.6. The van der Waals surface area contributed by atoms with Crippen molar-refractivity contribution in [1.82, 2.24) is 10.6 Å². The lowest BCUT2D eigenvalue weighted by Crippen LogP contribution is -2.39. The molecule has 0 spiro atoms. The first-order chi connectivity index (χ1) is 8.15. The third-order valence-electron chi connectivity index (χ3n) is 2.16. The van der Waals surface area contributed by atoms with E-state index in [0.29, 0.717) is 10.7 Å². The molecule has 92 valence electrons. The van der Waals surface area contributed by atoms with Gasteiger partial charge in [-0.15, -0.1) is 0 Å². The smallest absolute Gasteiger partial charge is 0.258 e. The van der Waals surface area contributed by atoms with E-state index in [-0.39, 0.29) is 5.91 Å². The Morgan fingerprint density at radius 2 is 2.12 bits per heavy atom. The molecular weight excluding hydrogens is 347 g/mol. The highest BCUT2D eigenvalue weighted by molar-refractivity contribution is 14.1. The highest BCUT2D eigenvalue weighted by Crippen LogP contribution is 2.10. The lowest BCUT2D eigenvalue weighted by atomic mass is 10.2. The van der Waals surface area contributed by atoms with Crippen molar-refractivity contribution in [2.75, 3.05) is 6.54 Å². The Hall–Kier alpha value is -0.690. The molecule has 0 fully saturated rings. The monoisotopic (exact) mass is 362 g/mol. The summed E-state index contributed by atoms with van der Waals surface area (Å²) in [5.41, 5.74) is 0.646. The van der Waals surface area contributed by atoms with Crippen molar-refractivity contribution >= 4 is 45.8 Å². The third-order valence-corrected chi connectivity index (χ3v) is 3.35. The van der Waals surface area contributed by atoms with Gasteiger partial charge in [0, 0.05) is 10.1 Å². The van der Waals surface area contributed by atoms with Crippen molar-refractivity contribution in [2.24, 2.45) is 0 Å². The first-order valence-electron chi connectivity index (χ1n) is 5.49. The van der Waals surface area contributed by atoms with Crippen LogP contribution in [0.2, 0.25) is 0 Å². The molecule has 0 aromatic heterocycles. The zero-order valence-electron chi connectivity index (χ0n) is 9.63. The summed E-state index contributed by atoms with van der Waals surface area (Å²) < 4.78 is 0.916. The summed E-state index contributed by atoms with van der Waals surface area (Å²) in [5, 5.41) is 6.07. The van der Waals surface area contributed by atoms with E-state index in [9.17, 15) is 4.79 Å². The highest BCUT2D eigenvalue weighted by Gasteiger charge is 2.09. The van der Waals surface area contributed by atoms with E-state index >= 15 is 0 Å². The second-order valence-electron chi connectivity index (χ2n) is 3.54. The molecule has 17 heavy (non-hydrogen) atoms. The fraction of sp³-hybridized carbons (Fsp3) is 0.333. The number of benzene rings is 1. The second kappa shape index (κ2) is 7.60. The topological polar surface area (TPSA) is 41.1 Å². The average molecular weight is 362 g/mol. The van der Waals surface area contributed by atoms with E-state index in [1.54, 1.807) is 6.07 Å². The quantitative estimate of drug-likeness (QED) is 0.492. The number of rotatable bonds is 4. The largest absolute Gasteiger partial charge is 0.362 e. The maximum Gasteiger partial charge on any atom is 0.258 e. The second-order valence-corrected chi connectivity index (χ2v) is 5.11. The first kappa shape index (κ1) is 14.4. The zero-order chi connectivity index (χ0) is 12.7. The van der Waals surface area contributed by atoms with Gasteiger partial charge < -0.3 is 5.32 Å². The molecule has 0 aliphatic rings. The van der Waals surface area contributed by atoms with Gasteiger partial charge in [0.05, 0.1) is 5.56 Å². The third kappa shape index (κ3) is 4.99. The predicted molar refractivity (Wildman–Crippen MR) is 82.1 cm³/mol. The average Bonchev–Trinajstić information content (AvgIpc) is 2.29. The van der Waals surface area contributed by atoms with Crippen LogP contribution in [-0.4, -0.2) is 17.6 Å². The molecule has 1 rings (SSSR count). The fourth-order valence-electron chi connectivity index (χ4n) is 1.24. The number of carbonyl (C=O) groups is 1. The molecule has 0 radical (unpaired) electrons. The Kier molecular flexibility index (Phi) is 6.43. The van der Waals surface area contributed by atoms with Crippen molar-refractivity contribution in [3.8, 4) is 0 Å². The summed E-state index contributed by atoms with van der Waals surface area (Å²) >= 11 is 7.17. The van der Waals surface area contributed by atoms with Gasteiger partial charge in [-0.3, -0.25) is 10.1 Å². The minimum Gasteiger partial charge on any atom is -0.362 e. The standard InChI is InChI=1S/C12H15IN2OS/c1-2-3-8-14-12(17)15-11(16)9-6-4-5-7-10(9)13/h4-7H,2-3,8H2,1H3,(H2,14,15,16,17). The van der Waals surface area contributed by atoms with E-state index in [2.05, 4.69) is 40.1 Å². The first-order valence-corrected chi connectivity index (χ1v) is 6.97. The van der Waals surface area contributed by atoms with E-state index < -0.39 is 0 Å². The van der Waals surface area contributed by atoms with Crippen molar-refractivity contribution in [1.29, 1.82) is 0 Å². The minimum atomic E-state index is -0.163. The number of hydrogen-bond donors (Lipinski definition) is 2. The van der Waals surface area contributed by atoms with E-state index in [1.165, 1.54) is 0 Å². The fourth-order valence-corrected chi connectivity index (χ4v) is 2.07. The molecule has 0 saturated heterocycles. The predicted octanol–water partition coefficient (Wildman–Crippen LogP) is 2.70. The number of thiocarbonyl (C=S) groups is 1. The Labute approximate surface area is 121 Å². The van der Waals surface area contributed by atoms with Crippen LogP contribution in [0.25, 0.3) is 0 Å². The van der Waals surface area contributed by atoms with Crippen LogP contribution in [0.4, 0.5) is 0 Å². The van der Waals surface area contributed by atoms with Crippen LogP contribution in [0.1, 0.15) is 30.1 Å². The number of amides is 1. The van der Waals surface area contributed by atoms with Crippen LogP contribution in [0.5, 0.6) is 0 Å².